The van der Waals surface area contributed by atoms with Crippen LogP contribution in [0.1, 0.15) is 29.3 Å². The minimum Gasteiger partial charge on any atom is -0.496 e. The summed E-state index contributed by atoms with van der Waals surface area (Å²) in [5.41, 5.74) is 1.43. The minimum absolute atomic E-state index is 0.00549. The highest BCUT2D eigenvalue weighted by Gasteiger charge is 2.10. The maximum Gasteiger partial charge on any atom is 0.159 e. The van der Waals surface area contributed by atoms with E-state index in [1.54, 1.807) is 32.4 Å². The van der Waals surface area contributed by atoms with Crippen LogP contribution in [0.3, 0.4) is 0 Å². The maximum absolute atomic E-state index is 12.0. The number of Topliss-reactive ketones (excluding diaryl/α,β-unsaturated/α-hetero) is 1. The number of ketones is 1. The smallest absolute Gasteiger partial charge is 0.159 e. The van der Waals surface area contributed by atoms with Crippen molar-refractivity contribution in [1.29, 1.82) is 0 Å². The first kappa shape index (κ1) is 15.9. The van der Waals surface area contributed by atoms with Gasteiger partial charge in [-0.25, -0.2) is 0 Å². The van der Waals surface area contributed by atoms with Gasteiger partial charge in [0.15, 0.2) is 5.78 Å². The van der Waals surface area contributed by atoms with Gasteiger partial charge in [-0.3, -0.25) is 9.00 Å². The van der Waals surface area contributed by atoms with E-state index in [0.717, 1.165) is 12.0 Å². The van der Waals surface area contributed by atoms with Crippen LogP contribution in [-0.4, -0.2) is 36.6 Å². The van der Waals surface area contributed by atoms with Gasteiger partial charge in [0.2, 0.25) is 0 Å². The monoisotopic (exact) mass is 284 g/mol. The second-order valence-corrected chi connectivity index (χ2v) is 5.79. The van der Waals surface area contributed by atoms with Crippen molar-refractivity contribution in [3.63, 3.8) is 0 Å². The van der Waals surface area contributed by atoms with Crippen LogP contribution in [0.5, 0.6) is 5.75 Å². The zero-order valence-corrected chi connectivity index (χ0v) is 12.4. The number of carbonyl (C=O) groups excluding carboxylic acids is 1. The molecule has 0 fully saturated rings. The van der Waals surface area contributed by atoms with Gasteiger partial charge in [0.25, 0.3) is 0 Å². The number of carbonyl (C=O) groups is 1. The molecule has 4 nitrogen and oxygen atoms in total. The van der Waals surface area contributed by atoms with Gasteiger partial charge in [0.05, 0.1) is 12.9 Å². The lowest BCUT2D eigenvalue weighted by atomic mass is 10.1. The van der Waals surface area contributed by atoms with E-state index in [1.165, 1.54) is 6.92 Å². The standard InChI is InChI=1S/C14H20O4S/c1-11(15)12-5-6-14(18-3)13(9-12)10-19(16)8-4-7-17-2/h5-6,9H,4,7-8,10H2,1-3H3. The quantitative estimate of drug-likeness (QED) is 0.542. The molecule has 0 amide bonds. The van der Waals surface area contributed by atoms with Crippen LogP contribution in [0, 0.1) is 0 Å². The third-order valence-corrected chi connectivity index (χ3v) is 4.10. The SMILES string of the molecule is COCCCS(=O)Cc1cc(C(C)=O)ccc1OC. The summed E-state index contributed by atoms with van der Waals surface area (Å²) < 4.78 is 22.1. The lowest BCUT2D eigenvalue weighted by Crippen LogP contribution is -2.06. The Bertz CT molecular complexity index is 457. The summed E-state index contributed by atoms with van der Waals surface area (Å²) in [6, 6.07) is 5.23. The number of ether oxygens (including phenoxy) is 2. The van der Waals surface area contributed by atoms with Crippen molar-refractivity contribution in [3.8, 4) is 5.75 Å². The van der Waals surface area contributed by atoms with E-state index < -0.39 is 10.8 Å². The fraction of sp³-hybridized carbons (Fsp3) is 0.500. The first-order valence-electron chi connectivity index (χ1n) is 6.10. The normalized spacial score (nSPS) is 12.2. The van der Waals surface area contributed by atoms with E-state index >= 15 is 0 Å². The highest BCUT2D eigenvalue weighted by Crippen LogP contribution is 2.22. The Balaban J connectivity index is 2.77. The Morgan fingerprint density at radius 1 is 1.32 bits per heavy atom. The van der Waals surface area contributed by atoms with Gasteiger partial charge < -0.3 is 9.47 Å². The summed E-state index contributed by atoms with van der Waals surface area (Å²) >= 11 is 0. The van der Waals surface area contributed by atoms with E-state index in [0.29, 0.717) is 29.4 Å². The van der Waals surface area contributed by atoms with Crippen LogP contribution in [0.4, 0.5) is 0 Å². The van der Waals surface area contributed by atoms with E-state index in [4.69, 9.17) is 9.47 Å². The third-order valence-electron chi connectivity index (χ3n) is 2.72. The Labute approximate surface area is 116 Å². The third kappa shape index (κ3) is 5.12. The molecule has 1 aromatic carbocycles. The predicted molar refractivity (Wildman–Crippen MR) is 76.2 cm³/mol. The van der Waals surface area contributed by atoms with Gasteiger partial charge in [-0.15, -0.1) is 0 Å². The molecular weight excluding hydrogens is 264 g/mol. The summed E-state index contributed by atoms with van der Waals surface area (Å²) in [7, 11) is 2.22. The number of rotatable bonds is 8. The summed E-state index contributed by atoms with van der Waals surface area (Å²) in [6.07, 6.45) is 0.762. The molecule has 1 rings (SSSR count). The summed E-state index contributed by atoms with van der Waals surface area (Å²) in [6.45, 7) is 2.12. The zero-order valence-electron chi connectivity index (χ0n) is 11.6. The molecule has 0 saturated heterocycles. The molecule has 0 aliphatic rings. The molecule has 0 aromatic heterocycles. The molecule has 1 unspecified atom stereocenters. The molecule has 0 spiro atoms. The van der Waals surface area contributed by atoms with Gasteiger partial charge >= 0.3 is 0 Å². The van der Waals surface area contributed by atoms with Crippen LogP contribution in [0.15, 0.2) is 18.2 Å². The minimum atomic E-state index is -0.977. The largest absolute Gasteiger partial charge is 0.496 e. The van der Waals surface area contributed by atoms with Crippen LogP contribution >= 0.6 is 0 Å². The van der Waals surface area contributed by atoms with Crippen LogP contribution in [0.2, 0.25) is 0 Å². The average molecular weight is 284 g/mol. The first-order chi connectivity index (χ1) is 9.08. The molecule has 0 radical (unpaired) electrons. The molecule has 0 N–H and O–H groups in total. The molecule has 0 bridgehead atoms. The zero-order chi connectivity index (χ0) is 14.3. The predicted octanol–water partition coefficient (Wildman–Crippen LogP) is 2.18. The van der Waals surface area contributed by atoms with Crippen LogP contribution < -0.4 is 4.74 Å². The number of hydrogen-bond acceptors (Lipinski definition) is 4. The summed E-state index contributed by atoms with van der Waals surface area (Å²) in [4.78, 5) is 11.4. The van der Waals surface area contributed by atoms with E-state index in [1.807, 2.05) is 0 Å². The highest BCUT2D eigenvalue weighted by atomic mass is 32.2. The van der Waals surface area contributed by atoms with Crippen molar-refractivity contribution in [3.05, 3.63) is 29.3 Å². The van der Waals surface area contributed by atoms with Crippen molar-refractivity contribution >= 4 is 16.6 Å². The van der Waals surface area contributed by atoms with Crippen LogP contribution in [-0.2, 0) is 21.3 Å². The van der Waals surface area contributed by atoms with Crippen molar-refractivity contribution < 1.29 is 18.5 Å². The first-order valence-corrected chi connectivity index (χ1v) is 7.59. The number of methoxy groups -OCH3 is 2. The lowest BCUT2D eigenvalue weighted by molar-refractivity contribution is 0.101. The maximum atomic E-state index is 12.0. The second kappa shape index (κ2) is 8.07. The number of hydrogen-bond donors (Lipinski definition) is 0. The lowest BCUT2D eigenvalue weighted by Gasteiger charge is -2.09. The fourth-order valence-electron chi connectivity index (χ4n) is 1.72. The Hall–Kier alpha value is -1.20. The molecule has 1 aromatic rings. The Morgan fingerprint density at radius 3 is 2.63 bits per heavy atom. The van der Waals surface area contributed by atoms with Gasteiger partial charge in [-0.2, -0.15) is 0 Å². The summed E-state index contributed by atoms with van der Waals surface area (Å²) in [5.74, 6) is 1.65. The second-order valence-electron chi connectivity index (χ2n) is 4.22. The van der Waals surface area contributed by atoms with Gasteiger partial charge in [0, 0.05) is 41.4 Å². The van der Waals surface area contributed by atoms with Crippen molar-refractivity contribution in [2.75, 3.05) is 26.6 Å². The molecule has 0 saturated carbocycles. The molecule has 0 aliphatic carbocycles. The van der Waals surface area contributed by atoms with E-state index in [9.17, 15) is 9.00 Å². The summed E-state index contributed by atoms with van der Waals surface area (Å²) in [5, 5.41) is 0. The Morgan fingerprint density at radius 2 is 2.05 bits per heavy atom. The molecular formula is C14H20O4S. The van der Waals surface area contributed by atoms with E-state index in [2.05, 4.69) is 0 Å². The van der Waals surface area contributed by atoms with Gasteiger partial charge in [0.1, 0.15) is 5.75 Å². The molecule has 1 atom stereocenters. The average Bonchev–Trinajstić information content (AvgIpc) is 2.38. The van der Waals surface area contributed by atoms with Crippen LogP contribution in [0.25, 0.3) is 0 Å². The number of benzene rings is 1. The molecule has 0 heterocycles. The molecule has 19 heavy (non-hydrogen) atoms. The van der Waals surface area contributed by atoms with Crippen molar-refractivity contribution in [2.45, 2.75) is 19.1 Å². The fourth-order valence-corrected chi connectivity index (χ4v) is 2.88. The van der Waals surface area contributed by atoms with Crippen molar-refractivity contribution in [1.82, 2.24) is 0 Å². The van der Waals surface area contributed by atoms with E-state index in [-0.39, 0.29) is 5.78 Å². The Kier molecular flexibility index (Phi) is 6.73. The van der Waals surface area contributed by atoms with Gasteiger partial charge in [-0.1, -0.05) is 0 Å². The molecule has 106 valence electrons. The molecule has 5 heteroatoms. The molecule has 0 aliphatic heterocycles. The highest BCUT2D eigenvalue weighted by molar-refractivity contribution is 7.84. The topological polar surface area (TPSA) is 52.6 Å². The van der Waals surface area contributed by atoms with Gasteiger partial charge in [-0.05, 0) is 31.5 Å². The van der Waals surface area contributed by atoms with Crippen molar-refractivity contribution in [2.24, 2.45) is 0 Å².